The number of halogens is 1. The first-order chi connectivity index (χ1) is 11.6. The third kappa shape index (κ3) is 3.64. The zero-order valence-corrected chi connectivity index (χ0v) is 15.2. The topological polar surface area (TPSA) is 79.8 Å². The molecule has 0 unspecified atom stereocenters. The molecule has 0 aliphatic heterocycles. The summed E-state index contributed by atoms with van der Waals surface area (Å²) in [4.78, 5) is 15.3. The lowest BCUT2D eigenvalue weighted by Crippen LogP contribution is -1.88. The Morgan fingerprint density at radius 1 is 1.38 bits per heavy atom. The zero-order valence-electron chi connectivity index (χ0n) is 12.0. The van der Waals surface area contributed by atoms with E-state index in [1.165, 1.54) is 35.2 Å². The van der Waals surface area contributed by atoms with Gasteiger partial charge in [-0.25, -0.2) is 4.98 Å². The molecular weight excluding hydrogens is 410 g/mol. The van der Waals surface area contributed by atoms with E-state index in [1.54, 1.807) is 12.1 Å². The Balaban J connectivity index is 1.89. The van der Waals surface area contributed by atoms with Crippen LogP contribution in [0.3, 0.4) is 0 Å². The third-order valence-electron chi connectivity index (χ3n) is 3.06. The van der Waals surface area contributed by atoms with E-state index >= 15 is 0 Å². The van der Waals surface area contributed by atoms with Crippen LogP contribution in [0.4, 0.5) is 5.69 Å². The number of non-ortho nitro benzene ring substituents is 1. The van der Waals surface area contributed by atoms with Gasteiger partial charge in [-0.15, -0.1) is 11.3 Å². The molecule has 0 saturated carbocycles. The number of benzene rings is 2. The van der Waals surface area contributed by atoms with Crippen molar-refractivity contribution in [2.75, 3.05) is 0 Å². The summed E-state index contributed by atoms with van der Waals surface area (Å²) in [6.07, 6.45) is 1.69. The first kappa shape index (κ1) is 16.6. The van der Waals surface area contributed by atoms with Gasteiger partial charge in [0.1, 0.15) is 6.07 Å². The number of allylic oxidation sites excluding steroid dienone is 1. The molecule has 3 aromatic rings. The van der Waals surface area contributed by atoms with Crippen LogP contribution < -0.4 is 0 Å². The predicted molar refractivity (Wildman–Crippen MR) is 99.9 cm³/mol. The van der Waals surface area contributed by atoms with Gasteiger partial charge in [0.2, 0.25) is 0 Å². The van der Waals surface area contributed by atoms with E-state index in [-0.39, 0.29) is 5.69 Å². The highest BCUT2D eigenvalue weighted by Gasteiger charge is 2.11. The molecule has 2 aromatic carbocycles. The van der Waals surface area contributed by atoms with Crippen molar-refractivity contribution in [3.05, 3.63) is 67.5 Å². The van der Waals surface area contributed by atoms with Crippen LogP contribution in [0.2, 0.25) is 0 Å². The van der Waals surface area contributed by atoms with Gasteiger partial charge in [-0.1, -0.05) is 12.1 Å². The lowest BCUT2D eigenvalue weighted by Gasteiger charge is -2.00. The van der Waals surface area contributed by atoms with Crippen LogP contribution in [0.5, 0.6) is 0 Å². The normalized spacial score (nSPS) is 11.4. The largest absolute Gasteiger partial charge is 0.270 e. The minimum Gasteiger partial charge on any atom is -0.258 e. The molecule has 0 aliphatic rings. The molecule has 0 radical (unpaired) electrons. The number of hydrogen-bond acceptors (Lipinski definition) is 6. The van der Waals surface area contributed by atoms with E-state index in [2.05, 4.69) is 27.0 Å². The highest BCUT2D eigenvalue weighted by atomic mass is 79.9. The molecule has 1 heterocycles. The molecule has 0 fully saturated rings. The monoisotopic (exact) mass is 417 g/mol. The Kier molecular flexibility index (Phi) is 4.94. The molecule has 118 valence electrons. The van der Waals surface area contributed by atoms with Crippen molar-refractivity contribution >= 4 is 61.0 Å². The summed E-state index contributed by atoms with van der Waals surface area (Å²) in [6, 6.07) is 14.4. The molecule has 0 amide bonds. The summed E-state index contributed by atoms with van der Waals surface area (Å²) < 4.78 is 2.41. The number of hydrogen-bond donors (Lipinski definition) is 0. The molecule has 1 aromatic heterocycles. The molecule has 0 aliphatic carbocycles. The van der Waals surface area contributed by atoms with Gasteiger partial charge < -0.3 is 0 Å². The SMILES string of the molecule is N#CC(=Cc1ccc([N+](=O)[O-])cc1Br)Sc1nc2ccccc2s1. The Morgan fingerprint density at radius 2 is 2.17 bits per heavy atom. The molecule has 0 bridgehead atoms. The van der Waals surface area contributed by atoms with Crippen LogP contribution in [-0.2, 0) is 0 Å². The van der Waals surface area contributed by atoms with Gasteiger partial charge in [-0.05, 0) is 57.5 Å². The van der Waals surface area contributed by atoms with Crippen molar-refractivity contribution < 1.29 is 4.92 Å². The van der Waals surface area contributed by atoms with Crippen molar-refractivity contribution in [2.24, 2.45) is 0 Å². The quantitative estimate of drug-likeness (QED) is 0.238. The van der Waals surface area contributed by atoms with Gasteiger partial charge in [-0.3, -0.25) is 10.1 Å². The number of nitrogens with zero attached hydrogens (tertiary/aromatic N) is 3. The maximum absolute atomic E-state index is 10.8. The number of para-hydroxylation sites is 1. The molecule has 0 spiro atoms. The Bertz CT molecular complexity index is 975. The second-order valence-corrected chi connectivity index (χ2v) is 7.81. The second kappa shape index (κ2) is 7.13. The van der Waals surface area contributed by atoms with E-state index in [0.717, 1.165) is 14.6 Å². The van der Waals surface area contributed by atoms with Crippen LogP contribution in [-0.4, -0.2) is 9.91 Å². The molecule has 3 rings (SSSR count). The maximum Gasteiger partial charge on any atom is 0.270 e. The van der Waals surface area contributed by atoms with E-state index in [9.17, 15) is 15.4 Å². The molecule has 0 saturated heterocycles. The lowest BCUT2D eigenvalue weighted by atomic mass is 10.2. The average molecular weight is 418 g/mol. The highest BCUT2D eigenvalue weighted by molar-refractivity contribution is 9.10. The summed E-state index contributed by atoms with van der Waals surface area (Å²) in [5.74, 6) is 0. The predicted octanol–water partition coefficient (Wildman–Crippen LogP) is 5.62. The molecule has 8 heteroatoms. The van der Waals surface area contributed by atoms with Gasteiger partial charge >= 0.3 is 0 Å². The number of nitro benzene ring substituents is 1. The van der Waals surface area contributed by atoms with Crippen LogP contribution in [0.15, 0.2) is 56.2 Å². The van der Waals surface area contributed by atoms with Gasteiger partial charge in [0.25, 0.3) is 5.69 Å². The third-order valence-corrected chi connectivity index (χ3v) is 5.78. The minimum atomic E-state index is -0.459. The summed E-state index contributed by atoms with van der Waals surface area (Å²) >= 11 is 6.11. The maximum atomic E-state index is 10.8. The standard InChI is InChI=1S/C16H8BrN3O2S2/c17-13-8-11(20(21)22)6-5-10(13)7-12(9-18)23-16-19-14-3-1-2-4-15(14)24-16/h1-8H. The number of nitro groups is 1. The molecule has 0 N–H and O–H groups in total. The van der Waals surface area contributed by atoms with Crippen molar-refractivity contribution in [1.82, 2.24) is 4.98 Å². The molecular formula is C16H8BrN3O2S2. The smallest absolute Gasteiger partial charge is 0.258 e. The molecule has 5 nitrogen and oxygen atoms in total. The van der Waals surface area contributed by atoms with Gasteiger partial charge in [0, 0.05) is 16.6 Å². The molecule has 0 atom stereocenters. The van der Waals surface area contributed by atoms with Crippen LogP contribution in [0.1, 0.15) is 5.56 Å². The Morgan fingerprint density at radius 3 is 2.83 bits per heavy atom. The van der Waals surface area contributed by atoms with Crippen LogP contribution in [0.25, 0.3) is 16.3 Å². The Hall–Kier alpha value is -2.21. The number of rotatable bonds is 4. The summed E-state index contributed by atoms with van der Waals surface area (Å²) in [7, 11) is 0. The minimum absolute atomic E-state index is 0.00337. The van der Waals surface area contributed by atoms with Crippen LogP contribution >= 0.6 is 39.0 Å². The van der Waals surface area contributed by atoms with E-state index in [4.69, 9.17) is 0 Å². The molecule has 24 heavy (non-hydrogen) atoms. The first-order valence-corrected chi connectivity index (χ1v) is 9.08. The zero-order chi connectivity index (χ0) is 17.1. The lowest BCUT2D eigenvalue weighted by molar-refractivity contribution is -0.384. The van der Waals surface area contributed by atoms with E-state index < -0.39 is 4.92 Å². The van der Waals surface area contributed by atoms with Crippen molar-refractivity contribution in [1.29, 1.82) is 5.26 Å². The second-order valence-electron chi connectivity index (χ2n) is 4.63. The number of fused-ring (bicyclic) bond motifs is 1. The van der Waals surface area contributed by atoms with Gasteiger partial charge in [-0.2, -0.15) is 5.26 Å². The number of thiazole rings is 1. The number of aromatic nitrogens is 1. The fourth-order valence-electron chi connectivity index (χ4n) is 1.96. The van der Waals surface area contributed by atoms with E-state index in [1.807, 2.05) is 24.3 Å². The fraction of sp³-hybridized carbons (Fsp3) is 0. The van der Waals surface area contributed by atoms with E-state index in [0.29, 0.717) is 14.9 Å². The van der Waals surface area contributed by atoms with Crippen molar-refractivity contribution in [3.63, 3.8) is 0 Å². The summed E-state index contributed by atoms with van der Waals surface area (Å²) in [6.45, 7) is 0. The number of nitriles is 1. The summed E-state index contributed by atoms with van der Waals surface area (Å²) in [5, 5.41) is 20.1. The Labute approximate surface area is 153 Å². The van der Waals surface area contributed by atoms with Gasteiger partial charge in [0.15, 0.2) is 4.34 Å². The van der Waals surface area contributed by atoms with Gasteiger partial charge in [0.05, 0.1) is 20.0 Å². The van der Waals surface area contributed by atoms with Crippen molar-refractivity contribution in [2.45, 2.75) is 4.34 Å². The number of thioether (sulfide) groups is 1. The highest BCUT2D eigenvalue weighted by Crippen LogP contribution is 2.35. The average Bonchev–Trinajstić information content (AvgIpc) is 2.98. The fourth-order valence-corrected chi connectivity index (χ4v) is 4.41. The van der Waals surface area contributed by atoms with Crippen molar-refractivity contribution in [3.8, 4) is 6.07 Å². The first-order valence-electron chi connectivity index (χ1n) is 6.66. The summed E-state index contributed by atoms with van der Waals surface area (Å²) in [5.41, 5.74) is 1.60. The van der Waals surface area contributed by atoms with Crippen LogP contribution in [0, 0.1) is 21.4 Å².